The molecule has 1 aliphatic heterocycles. The number of carbonyl (C=O) groups excluding carboxylic acids is 2. The Morgan fingerprint density at radius 2 is 2.11 bits per heavy atom. The zero-order chi connectivity index (χ0) is 12.8. The van der Waals surface area contributed by atoms with Gasteiger partial charge in [0.25, 0.3) is 5.91 Å². The van der Waals surface area contributed by atoms with Crippen molar-refractivity contribution in [3.05, 3.63) is 18.0 Å². The highest BCUT2D eigenvalue weighted by atomic mass is 16.2. The summed E-state index contributed by atoms with van der Waals surface area (Å²) in [6.45, 7) is 2.09. The number of nitrogens with zero attached hydrogens (tertiary/aromatic N) is 2. The molecule has 1 aromatic rings. The van der Waals surface area contributed by atoms with E-state index in [-0.39, 0.29) is 11.8 Å². The van der Waals surface area contributed by atoms with E-state index in [1.165, 1.54) is 18.8 Å². The van der Waals surface area contributed by atoms with E-state index in [2.05, 4.69) is 15.5 Å². The number of rotatable bonds is 4. The molecular weight excluding hydrogens is 232 g/mol. The highest BCUT2D eigenvalue weighted by Gasteiger charge is 2.16. The van der Waals surface area contributed by atoms with Gasteiger partial charge in [0.15, 0.2) is 0 Å². The molecule has 6 heteroatoms. The van der Waals surface area contributed by atoms with Gasteiger partial charge in [0.2, 0.25) is 5.91 Å². The van der Waals surface area contributed by atoms with Crippen LogP contribution in [0, 0.1) is 0 Å². The molecule has 0 saturated carbocycles. The third kappa shape index (κ3) is 3.32. The molecule has 0 atom stereocenters. The van der Waals surface area contributed by atoms with Gasteiger partial charge in [0.1, 0.15) is 0 Å². The summed E-state index contributed by atoms with van der Waals surface area (Å²) in [7, 11) is 0. The van der Waals surface area contributed by atoms with Crippen LogP contribution in [-0.2, 0) is 4.79 Å². The molecule has 1 fully saturated rings. The number of likely N-dealkylation sites (tertiary alicyclic amines) is 1. The van der Waals surface area contributed by atoms with Crippen molar-refractivity contribution in [2.45, 2.75) is 25.7 Å². The molecule has 1 aliphatic rings. The van der Waals surface area contributed by atoms with Gasteiger partial charge in [-0.05, 0) is 19.3 Å². The van der Waals surface area contributed by atoms with Crippen LogP contribution < -0.4 is 5.32 Å². The van der Waals surface area contributed by atoms with Crippen LogP contribution in [0.2, 0.25) is 0 Å². The number of carbonyl (C=O) groups is 2. The first-order valence-electron chi connectivity index (χ1n) is 6.32. The number of aromatic nitrogens is 2. The van der Waals surface area contributed by atoms with Gasteiger partial charge in [0.05, 0.1) is 11.8 Å². The lowest BCUT2D eigenvalue weighted by Crippen LogP contribution is -2.37. The third-order valence-corrected chi connectivity index (χ3v) is 3.09. The van der Waals surface area contributed by atoms with E-state index in [4.69, 9.17) is 0 Å². The number of piperidine rings is 1. The Bertz CT molecular complexity index is 396. The van der Waals surface area contributed by atoms with Crippen molar-refractivity contribution in [1.82, 2.24) is 20.4 Å². The van der Waals surface area contributed by atoms with Crippen LogP contribution in [0.25, 0.3) is 0 Å². The fourth-order valence-electron chi connectivity index (χ4n) is 2.06. The molecule has 6 nitrogen and oxygen atoms in total. The second kappa shape index (κ2) is 6.18. The van der Waals surface area contributed by atoms with E-state index < -0.39 is 0 Å². The summed E-state index contributed by atoms with van der Waals surface area (Å²) in [5.41, 5.74) is 0.487. The summed E-state index contributed by atoms with van der Waals surface area (Å²) in [6.07, 6.45) is 6.74. The minimum absolute atomic E-state index is 0.127. The monoisotopic (exact) mass is 250 g/mol. The van der Waals surface area contributed by atoms with E-state index >= 15 is 0 Å². The topological polar surface area (TPSA) is 78.1 Å². The highest BCUT2D eigenvalue weighted by molar-refractivity contribution is 5.93. The van der Waals surface area contributed by atoms with Gasteiger partial charge in [-0.1, -0.05) is 0 Å². The van der Waals surface area contributed by atoms with E-state index in [9.17, 15) is 9.59 Å². The lowest BCUT2D eigenvalue weighted by Gasteiger charge is -2.26. The van der Waals surface area contributed by atoms with Crippen LogP contribution in [0.3, 0.4) is 0 Å². The number of aromatic amines is 1. The van der Waals surface area contributed by atoms with Gasteiger partial charge >= 0.3 is 0 Å². The van der Waals surface area contributed by atoms with Crippen LogP contribution >= 0.6 is 0 Å². The fourth-order valence-corrected chi connectivity index (χ4v) is 2.06. The summed E-state index contributed by atoms with van der Waals surface area (Å²) in [5.74, 6) is -0.0719. The normalized spacial score (nSPS) is 15.4. The van der Waals surface area contributed by atoms with Gasteiger partial charge in [-0.15, -0.1) is 0 Å². The Labute approximate surface area is 106 Å². The molecule has 0 spiro atoms. The summed E-state index contributed by atoms with van der Waals surface area (Å²) in [6, 6.07) is 0. The van der Waals surface area contributed by atoms with Crippen molar-refractivity contribution in [3.8, 4) is 0 Å². The average Bonchev–Trinajstić information content (AvgIpc) is 2.93. The molecule has 2 rings (SSSR count). The quantitative estimate of drug-likeness (QED) is 0.818. The number of nitrogens with one attached hydrogen (secondary N) is 2. The third-order valence-electron chi connectivity index (χ3n) is 3.09. The average molecular weight is 250 g/mol. The molecule has 1 saturated heterocycles. The second-order valence-electron chi connectivity index (χ2n) is 4.43. The zero-order valence-electron chi connectivity index (χ0n) is 10.3. The number of amides is 2. The van der Waals surface area contributed by atoms with E-state index in [0.29, 0.717) is 18.5 Å². The van der Waals surface area contributed by atoms with E-state index in [0.717, 1.165) is 25.9 Å². The van der Waals surface area contributed by atoms with E-state index in [1.54, 1.807) is 0 Å². The highest BCUT2D eigenvalue weighted by Crippen LogP contribution is 2.09. The maximum Gasteiger partial charge on any atom is 0.254 e. The van der Waals surface area contributed by atoms with Crippen molar-refractivity contribution in [1.29, 1.82) is 0 Å². The van der Waals surface area contributed by atoms with Crippen molar-refractivity contribution in [3.63, 3.8) is 0 Å². The Morgan fingerprint density at radius 3 is 2.78 bits per heavy atom. The SMILES string of the molecule is O=C(NCCC(=O)N1CCCCC1)c1cn[nH]c1. The predicted molar refractivity (Wildman–Crippen MR) is 66.0 cm³/mol. The summed E-state index contributed by atoms with van der Waals surface area (Å²) in [5, 5.41) is 8.98. The molecule has 0 unspecified atom stereocenters. The zero-order valence-corrected chi connectivity index (χ0v) is 10.3. The summed E-state index contributed by atoms with van der Waals surface area (Å²) in [4.78, 5) is 25.3. The maximum atomic E-state index is 11.8. The van der Waals surface area contributed by atoms with Gasteiger partial charge in [0, 0.05) is 32.3 Å². The Kier molecular flexibility index (Phi) is 4.33. The lowest BCUT2D eigenvalue weighted by molar-refractivity contribution is -0.131. The molecule has 0 aliphatic carbocycles. The minimum atomic E-state index is -0.199. The summed E-state index contributed by atoms with van der Waals surface area (Å²) < 4.78 is 0. The van der Waals surface area contributed by atoms with Crippen molar-refractivity contribution >= 4 is 11.8 Å². The molecule has 98 valence electrons. The molecule has 2 heterocycles. The van der Waals surface area contributed by atoms with Crippen LogP contribution in [0.4, 0.5) is 0 Å². The Morgan fingerprint density at radius 1 is 1.33 bits per heavy atom. The molecule has 0 radical (unpaired) electrons. The second-order valence-corrected chi connectivity index (χ2v) is 4.43. The smallest absolute Gasteiger partial charge is 0.254 e. The first-order chi connectivity index (χ1) is 8.77. The molecule has 0 aromatic carbocycles. The fraction of sp³-hybridized carbons (Fsp3) is 0.583. The molecule has 0 bridgehead atoms. The minimum Gasteiger partial charge on any atom is -0.351 e. The van der Waals surface area contributed by atoms with Crippen molar-refractivity contribution < 1.29 is 9.59 Å². The van der Waals surface area contributed by atoms with Gasteiger partial charge in [-0.2, -0.15) is 5.10 Å². The predicted octanol–water partition coefficient (Wildman–Crippen LogP) is 0.542. The first kappa shape index (κ1) is 12.6. The molecule has 18 heavy (non-hydrogen) atoms. The van der Waals surface area contributed by atoms with Crippen LogP contribution in [0.1, 0.15) is 36.0 Å². The Balaban J connectivity index is 1.68. The van der Waals surface area contributed by atoms with Crippen molar-refractivity contribution in [2.24, 2.45) is 0 Å². The van der Waals surface area contributed by atoms with Crippen LogP contribution in [-0.4, -0.2) is 46.5 Å². The largest absolute Gasteiger partial charge is 0.351 e. The molecule has 2 N–H and O–H groups in total. The summed E-state index contributed by atoms with van der Waals surface area (Å²) >= 11 is 0. The lowest BCUT2D eigenvalue weighted by atomic mass is 10.1. The number of H-pyrrole nitrogens is 1. The number of hydrogen-bond acceptors (Lipinski definition) is 3. The van der Waals surface area contributed by atoms with Gasteiger partial charge < -0.3 is 10.2 Å². The standard InChI is InChI=1S/C12H18N4O2/c17-11(16-6-2-1-3-7-16)4-5-13-12(18)10-8-14-15-9-10/h8-9H,1-7H2,(H,13,18)(H,14,15). The van der Waals surface area contributed by atoms with Crippen LogP contribution in [0.5, 0.6) is 0 Å². The number of hydrogen-bond donors (Lipinski definition) is 2. The van der Waals surface area contributed by atoms with Gasteiger partial charge in [-0.3, -0.25) is 14.7 Å². The van der Waals surface area contributed by atoms with Crippen LogP contribution in [0.15, 0.2) is 12.4 Å². The maximum absolute atomic E-state index is 11.8. The molecule has 1 aromatic heterocycles. The molecule has 2 amide bonds. The van der Waals surface area contributed by atoms with Gasteiger partial charge in [-0.25, -0.2) is 0 Å². The molecular formula is C12H18N4O2. The first-order valence-corrected chi connectivity index (χ1v) is 6.32. The van der Waals surface area contributed by atoms with Crippen molar-refractivity contribution in [2.75, 3.05) is 19.6 Å². The van der Waals surface area contributed by atoms with E-state index in [1.807, 2.05) is 4.90 Å². The Hall–Kier alpha value is -1.85.